The maximum absolute atomic E-state index is 11.6. The average Bonchev–Trinajstić information content (AvgIpc) is 3.34. The van der Waals surface area contributed by atoms with Gasteiger partial charge >= 0.3 is 0 Å². The molecule has 0 saturated heterocycles. The standard InChI is InChI=1S/C17H24N2O3/c1-13-4-8-15(9-5-13)22-12-2-3-16(20)18-10-11-19-17(21)14-6-7-14/h4-5,8-9,14H,2-3,6-7,10-12H2,1H3,(H,18,20)(H,19,21). The lowest BCUT2D eigenvalue weighted by Crippen LogP contribution is -2.35. The monoisotopic (exact) mass is 304 g/mol. The number of amides is 2. The van der Waals surface area contributed by atoms with E-state index in [1.54, 1.807) is 0 Å². The van der Waals surface area contributed by atoms with Gasteiger partial charge in [0.2, 0.25) is 11.8 Å². The van der Waals surface area contributed by atoms with Crippen LogP contribution in [0.3, 0.4) is 0 Å². The highest BCUT2D eigenvalue weighted by atomic mass is 16.5. The van der Waals surface area contributed by atoms with Crippen molar-refractivity contribution in [3.8, 4) is 5.75 Å². The molecule has 0 aliphatic heterocycles. The van der Waals surface area contributed by atoms with Crippen molar-refractivity contribution < 1.29 is 14.3 Å². The molecule has 1 saturated carbocycles. The Bertz CT molecular complexity index is 495. The molecule has 120 valence electrons. The first-order valence-electron chi connectivity index (χ1n) is 7.89. The molecule has 1 aromatic rings. The molecule has 2 rings (SSSR count). The number of nitrogens with one attached hydrogen (secondary N) is 2. The van der Waals surface area contributed by atoms with Crippen LogP contribution in [0.5, 0.6) is 5.75 Å². The molecule has 1 aliphatic rings. The Kier molecular flexibility index (Phi) is 6.25. The SMILES string of the molecule is Cc1ccc(OCCCC(=O)NCCNC(=O)C2CC2)cc1. The fraction of sp³-hybridized carbons (Fsp3) is 0.529. The second kappa shape index (κ2) is 8.41. The third-order valence-corrected chi connectivity index (χ3v) is 3.53. The van der Waals surface area contributed by atoms with Crippen molar-refractivity contribution in [1.82, 2.24) is 10.6 Å². The number of hydrogen-bond acceptors (Lipinski definition) is 3. The van der Waals surface area contributed by atoms with Crippen molar-refractivity contribution in [2.24, 2.45) is 5.92 Å². The van der Waals surface area contributed by atoms with Gasteiger partial charge in [0, 0.05) is 25.4 Å². The smallest absolute Gasteiger partial charge is 0.223 e. The van der Waals surface area contributed by atoms with Crippen LogP contribution >= 0.6 is 0 Å². The highest BCUT2D eigenvalue weighted by Gasteiger charge is 2.28. The molecule has 22 heavy (non-hydrogen) atoms. The van der Waals surface area contributed by atoms with Crippen LogP contribution in [0, 0.1) is 12.8 Å². The molecule has 0 bridgehead atoms. The normalized spacial score (nSPS) is 13.5. The van der Waals surface area contributed by atoms with Crippen LogP contribution in [0.2, 0.25) is 0 Å². The quantitative estimate of drug-likeness (QED) is 0.684. The molecular weight excluding hydrogens is 280 g/mol. The largest absolute Gasteiger partial charge is 0.494 e. The van der Waals surface area contributed by atoms with Crippen LogP contribution < -0.4 is 15.4 Å². The van der Waals surface area contributed by atoms with Crippen molar-refractivity contribution in [1.29, 1.82) is 0 Å². The van der Waals surface area contributed by atoms with E-state index >= 15 is 0 Å². The van der Waals surface area contributed by atoms with E-state index < -0.39 is 0 Å². The highest BCUT2D eigenvalue weighted by Crippen LogP contribution is 2.28. The van der Waals surface area contributed by atoms with Crippen LogP contribution in [0.1, 0.15) is 31.2 Å². The molecule has 2 N–H and O–H groups in total. The molecule has 0 atom stereocenters. The molecule has 5 nitrogen and oxygen atoms in total. The van der Waals surface area contributed by atoms with E-state index in [1.807, 2.05) is 31.2 Å². The zero-order valence-electron chi connectivity index (χ0n) is 13.1. The fourth-order valence-corrected chi connectivity index (χ4v) is 2.02. The van der Waals surface area contributed by atoms with Crippen LogP contribution in [-0.2, 0) is 9.59 Å². The minimum atomic E-state index is -0.00632. The fourth-order valence-electron chi connectivity index (χ4n) is 2.02. The molecule has 0 aromatic heterocycles. The van der Waals surface area contributed by atoms with E-state index in [-0.39, 0.29) is 17.7 Å². The number of hydrogen-bond donors (Lipinski definition) is 2. The first-order valence-corrected chi connectivity index (χ1v) is 7.89. The molecular formula is C17H24N2O3. The van der Waals surface area contributed by atoms with Crippen molar-refractivity contribution in [3.63, 3.8) is 0 Å². The number of carbonyl (C=O) groups is 2. The Balaban J connectivity index is 1.46. The topological polar surface area (TPSA) is 67.4 Å². The summed E-state index contributed by atoms with van der Waals surface area (Å²) in [5, 5.41) is 5.61. The molecule has 0 heterocycles. The Morgan fingerprint density at radius 3 is 2.50 bits per heavy atom. The lowest BCUT2D eigenvalue weighted by molar-refractivity contribution is -0.123. The Morgan fingerprint density at radius 2 is 1.82 bits per heavy atom. The predicted molar refractivity (Wildman–Crippen MR) is 84.7 cm³/mol. The number of ether oxygens (including phenoxy) is 1. The third kappa shape index (κ3) is 6.16. The van der Waals surface area contributed by atoms with Gasteiger partial charge in [-0.15, -0.1) is 0 Å². The summed E-state index contributed by atoms with van der Waals surface area (Å²) < 4.78 is 5.56. The van der Waals surface area contributed by atoms with Gasteiger partial charge in [-0.25, -0.2) is 0 Å². The molecule has 1 aliphatic carbocycles. The van der Waals surface area contributed by atoms with Crippen LogP contribution in [0.25, 0.3) is 0 Å². The molecule has 0 unspecified atom stereocenters. The summed E-state index contributed by atoms with van der Waals surface area (Å²) >= 11 is 0. The Labute approximate surface area is 131 Å². The van der Waals surface area contributed by atoms with Gasteiger partial charge in [0.25, 0.3) is 0 Å². The van der Waals surface area contributed by atoms with E-state index in [1.165, 1.54) is 5.56 Å². The summed E-state index contributed by atoms with van der Waals surface area (Å²) in [7, 11) is 0. The Hall–Kier alpha value is -2.04. The van der Waals surface area contributed by atoms with Crippen molar-refractivity contribution in [2.45, 2.75) is 32.6 Å². The number of aryl methyl sites for hydroxylation is 1. The van der Waals surface area contributed by atoms with Crippen LogP contribution in [0.15, 0.2) is 24.3 Å². The van der Waals surface area contributed by atoms with Gasteiger partial charge < -0.3 is 15.4 Å². The van der Waals surface area contributed by atoms with Gasteiger partial charge in [-0.3, -0.25) is 9.59 Å². The van der Waals surface area contributed by atoms with Gasteiger partial charge in [0.1, 0.15) is 5.75 Å². The van der Waals surface area contributed by atoms with Gasteiger partial charge in [-0.2, -0.15) is 0 Å². The minimum absolute atomic E-state index is 0.00632. The Morgan fingerprint density at radius 1 is 1.14 bits per heavy atom. The van der Waals surface area contributed by atoms with Crippen molar-refractivity contribution >= 4 is 11.8 Å². The maximum Gasteiger partial charge on any atom is 0.223 e. The van der Waals surface area contributed by atoms with E-state index in [9.17, 15) is 9.59 Å². The lowest BCUT2D eigenvalue weighted by Gasteiger charge is -2.08. The summed E-state index contributed by atoms with van der Waals surface area (Å²) in [5.41, 5.74) is 1.19. The molecule has 0 radical (unpaired) electrons. The second-order valence-corrected chi connectivity index (χ2v) is 5.68. The summed E-state index contributed by atoms with van der Waals surface area (Å²) in [6.07, 6.45) is 3.11. The maximum atomic E-state index is 11.6. The minimum Gasteiger partial charge on any atom is -0.494 e. The van der Waals surface area contributed by atoms with Crippen molar-refractivity contribution in [3.05, 3.63) is 29.8 Å². The first kappa shape index (κ1) is 16.3. The zero-order chi connectivity index (χ0) is 15.8. The lowest BCUT2D eigenvalue weighted by atomic mass is 10.2. The van der Waals surface area contributed by atoms with Crippen LogP contribution in [0.4, 0.5) is 0 Å². The van der Waals surface area contributed by atoms with Gasteiger partial charge in [-0.1, -0.05) is 17.7 Å². The average molecular weight is 304 g/mol. The van der Waals surface area contributed by atoms with Crippen LogP contribution in [-0.4, -0.2) is 31.5 Å². The first-order chi connectivity index (χ1) is 10.6. The molecule has 2 amide bonds. The zero-order valence-corrected chi connectivity index (χ0v) is 13.1. The molecule has 5 heteroatoms. The molecule has 1 fully saturated rings. The third-order valence-electron chi connectivity index (χ3n) is 3.53. The summed E-state index contributed by atoms with van der Waals surface area (Å²) in [6.45, 7) is 3.53. The second-order valence-electron chi connectivity index (χ2n) is 5.68. The number of carbonyl (C=O) groups excluding carboxylic acids is 2. The summed E-state index contributed by atoms with van der Waals surface area (Å²) in [4.78, 5) is 23.0. The van der Waals surface area contributed by atoms with Gasteiger partial charge in [0.05, 0.1) is 6.61 Å². The highest BCUT2D eigenvalue weighted by molar-refractivity contribution is 5.81. The predicted octanol–water partition coefficient (Wildman–Crippen LogP) is 1.80. The molecule has 0 spiro atoms. The summed E-state index contributed by atoms with van der Waals surface area (Å²) in [6, 6.07) is 7.85. The van der Waals surface area contributed by atoms with Gasteiger partial charge in [-0.05, 0) is 38.3 Å². The molecule has 1 aromatic carbocycles. The van der Waals surface area contributed by atoms with Crippen molar-refractivity contribution in [2.75, 3.05) is 19.7 Å². The number of rotatable bonds is 9. The van der Waals surface area contributed by atoms with Gasteiger partial charge in [0.15, 0.2) is 0 Å². The van der Waals surface area contributed by atoms with E-state index in [2.05, 4.69) is 10.6 Å². The van der Waals surface area contributed by atoms with E-state index in [4.69, 9.17) is 4.74 Å². The number of benzene rings is 1. The van der Waals surface area contributed by atoms with E-state index in [0.29, 0.717) is 32.5 Å². The van der Waals surface area contributed by atoms with E-state index in [0.717, 1.165) is 18.6 Å². The summed E-state index contributed by atoms with van der Waals surface area (Å²) in [5.74, 6) is 1.15.